The van der Waals surface area contributed by atoms with Crippen LogP contribution in [0.25, 0.3) is 16.7 Å². The summed E-state index contributed by atoms with van der Waals surface area (Å²) >= 11 is 0. The summed E-state index contributed by atoms with van der Waals surface area (Å²) in [6.45, 7) is 0. The fraction of sp³-hybridized carbons (Fsp3) is 0. The van der Waals surface area contributed by atoms with Crippen molar-refractivity contribution in [2.24, 2.45) is 0 Å². The lowest BCUT2D eigenvalue weighted by atomic mass is 10.2. The number of hydrogen-bond acceptors (Lipinski definition) is 4. The van der Waals surface area contributed by atoms with Crippen molar-refractivity contribution in [1.29, 1.82) is 0 Å². The van der Waals surface area contributed by atoms with Gasteiger partial charge in [0.05, 0.1) is 11.1 Å². The quantitative estimate of drug-likeness (QED) is 0.658. The lowest BCUT2D eigenvalue weighted by Crippen LogP contribution is -2.06. The molecule has 0 spiro atoms. The molecule has 0 saturated carbocycles. The number of hydrogen-bond donors (Lipinski definition) is 3. The van der Waals surface area contributed by atoms with Crippen LogP contribution in [-0.2, 0) is 0 Å². The highest BCUT2D eigenvalue weighted by Crippen LogP contribution is 2.27. The normalized spacial score (nSPS) is 10.9. The first kappa shape index (κ1) is 12.9. The van der Waals surface area contributed by atoms with E-state index in [-0.39, 0.29) is 16.7 Å². The minimum Gasteiger partial charge on any atom is -0.507 e. The molecule has 106 valence electrons. The van der Waals surface area contributed by atoms with Crippen molar-refractivity contribution in [1.82, 2.24) is 14.8 Å². The number of aromatic nitrogens is 3. The molecule has 0 fully saturated rings. The number of carbonyl (C=O) groups is 1. The van der Waals surface area contributed by atoms with Crippen molar-refractivity contribution in [3.8, 4) is 11.4 Å². The number of nitrogens with zero attached hydrogens (tertiary/aromatic N) is 2. The predicted molar refractivity (Wildman–Crippen MR) is 70.3 cm³/mol. The van der Waals surface area contributed by atoms with E-state index in [0.29, 0.717) is 0 Å². The molecule has 0 aliphatic heterocycles. The van der Waals surface area contributed by atoms with Crippen LogP contribution in [0.3, 0.4) is 0 Å². The first-order valence-corrected chi connectivity index (χ1v) is 5.81. The number of rotatable bonds is 2. The van der Waals surface area contributed by atoms with Gasteiger partial charge in [-0.1, -0.05) is 6.07 Å². The molecule has 7 nitrogen and oxygen atoms in total. The third kappa shape index (κ3) is 2.02. The molecule has 0 atom stereocenters. The summed E-state index contributed by atoms with van der Waals surface area (Å²) in [5.41, 5.74) is -0.880. The number of halogens is 1. The number of aromatic carboxylic acids is 1. The molecule has 0 aliphatic carbocycles. The van der Waals surface area contributed by atoms with E-state index in [0.717, 1.165) is 16.8 Å². The van der Waals surface area contributed by atoms with Gasteiger partial charge in [0.15, 0.2) is 5.69 Å². The van der Waals surface area contributed by atoms with Crippen molar-refractivity contribution >= 4 is 17.0 Å². The van der Waals surface area contributed by atoms with Crippen molar-refractivity contribution in [2.45, 2.75) is 0 Å². The van der Waals surface area contributed by atoms with Gasteiger partial charge in [0, 0.05) is 6.07 Å². The van der Waals surface area contributed by atoms with Crippen LogP contribution in [0.5, 0.6) is 5.75 Å². The van der Waals surface area contributed by atoms with E-state index < -0.39 is 28.8 Å². The van der Waals surface area contributed by atoms with Gasteiger partial charge in [-0.15, -0.1) is 0 Å². The van der Waals surface area contributed by atoms with Crippen LogP contribution in [-0.4, -0.2) is 30.9 Å². The molecule has 0 radical (unpaired) electrons. The Bertz CT molecular complexity index is 929. The smallest absolute Gasteiger partial charge is 0.357 e. The van der Waals surface area contributed by atoms with Crippen molar-refractivity contribution in [3.63, 3.8) is 0 Å². The maximum atomic E-state index is 13.3. The lowest BCUT2D eigenvalue weighted by molar-refractivity contribution is 0.0691. The predicted octanol–water partition coefficient (Wildman–Crippen LogP) is 1.26. The number of carboxylic acids is 1. The highest BCUT2D eigenvalue weighted by molar-refractivity contribution is 6.03. The van der Waals surface area contributed by atoms with Crippen LogP contribution in [0.15, 0.2) is 35.1 Å². The van der Waals surface area contributed by atoms with E-state index in [2.05, 4.69) is 10.1 Å². The molecule has 0 bridgehead atoms. The number of H-pyrrole nitrogens is 1. The maximum Gasteiger partial charge on any atom is 0.357 e. The summed E-state index contributed by atoms with van der Waals surface area (Å²) in [5.74, 6) is -2.43. The Kier molecular flexibility index (Phi) is 2.72. The van der Waals surface area contributed by atoms with Gasteiger partial charge in [-0.05, 0) is 18.2 Å². The van der Waals surface area contributed by atoms with Crippen molar-refractivity contribution < 1.29 is 19.4 Å². The minimum absolute atomic E-state index is 0.0250. The van der Waals surface area contributed by atoms with Gasteiger partial charge in [0.25, 0.3) is 5.56 Å². The number of aromatic hydroxyl groups is 1. The highest BCUT2D eigenvalue weighted by Gasteiger charge is 2.21. The number of aromatic amines is 1. The summed E-state index contributed by atoms with van der Waals surface area (Å²) in [7, 11) is 0. The van der Waals surface area contributed by atoms with Crippen LogP contribution in [0, 0.1) is 5.82 Å². The minimum atomic E-state index is -1.38. The zero-order valence-corrected chi connectivity index (χ0v) is 10.4. The van der Waals surface area contributed by atoms with Gasteiger partial charge in [0.2, 0.25) is 0 Å². The van der Waals surface area contributed by atoms with E-state index >= 15 is 0 Å². The average molecular weight is 289 g/mol. The molecule has 21 heavy (non-hydrogen) atoms. The van der Waals surface area contributed by atoms with Gasteiger partial charge in [0.1, 0.15) is 17.2 Å². The van der Waals surface area contributed by atoms with E-state index in [1.165, 1.54) is 18.2 Å². The van der Waals surface area contributed by atoms with Gasteiger partial charge in [-0.25, -0.2) is 13.9 Å². The van der Waals surface area contributed by atoms with Crippen LogP contribution in [0.1, 0.15) is 10.5 Å². The third-order valence-corrected chi connectivity index (χ3v) is 2.91. The molecule has 3 N–H and O–H groups in total. The van der Waals surface area contributed by atoms with E-state index in [1.807, 2.05) is 0 Å². The molecule has 3 rings (SSSR count). The molecule has 3 aromatic rings. The highest BCUT2D eigenvalue weighted by atomic mass is 19.1. The SMILES string of the molecule is O=C(O)c1nn(-c2cccc(F)c2)c2[nH]c(=O)cc(O)c12. The summed E-state index contributed by atoms with van der Waals surface area (Å²) in [6.07, 6.45) is 0. The first-order chi connectivity index (χ1) is 9.97. The van der Waals surface area contributed by atoms with Gasteiger partial charge < -0.3 is 15.2 Å². The fourth-order valence-electron chi connectivity index (χ4n) is 2.07. The first-order valence-electron chi connectivity index (χ1n) is 5.81. The number of carboxylic acid groups (broad SMARTS) is 1. The zero-order chi connectivity index (χ0) is 15.1. The second kappa shape index (κ2) is 4.44. The number of nitrogens with one attached hydrogen (secondary N) is 1. The molecular weight excluding hydrogens is 281 g/mol. The zero-order valence-electron chi connectivity index (χ0n) is 10.4. The number of pyridine rings is 1. The molecular formula is C13H8FN3O4. The number of benzene rings is 1. The lowest BCUT2D eigenvalue weighted by Gasteiger charge is -2.03. The Labute approximate surface area is 115 Å². The van der Waals surface area contributed by atoms with E-state index in [9.17, 15) is 19.1 Å². The standard InChI is InChI=1S/C13H8FN3O4/c14-6-2-1-3-7(4-6)17-12-10(11(16-17)13(20)21)8(18)5-9(19)15-12/h1-5H,(H,20,21)(H2,15,18,19). The Morgan fingerprint density at radius 2 is 2.10 bits per heavy atom. The van der Waals surface area contributed by atoms with Gasteiger partial charge in [-0.2, -0.15) is 5.10 Å². The van der Waals surface area contributed by atoms with Gasteiger partial charge >= 0.3 is 5.97 Å². The van der Waals surface area contributed by atoms with E-state index in [1.54, 1.807) is 0 Å². The Hall–Kier alpha value is -3.16. The second-order valence-electron chi connectivity index (χ2n) is 4.29. The fourth-order valence-corrected chi connectivity index (χ4v) is 2.07. The number of fused-ring (bicyclic) bond motifs is 1. The molecule has 0 aliphatic rings. The van der Waals surface area contributed by atoms with Crippen LogP contribution in [0.2, 0.25) is 0 Å². The summed E-state index contributed by atoms with van der Waals surface area (Å²) in [5, 5.41) is 22.6. The van der Waals surface area contributed by atoms with Crippen molar-refractivity contribution in [2.75, 3.05) is 0 Å². The van der Waals surface area contributed by atoms with Crippen LogP contribution >= 0.6 is 0 Å². The van der Waals surface area contributed by atoms with E-state index in [4.69, 9.17) is 5.11 Å². The molecule has 8 heteroatoms. The summed E-state index contributed by atoms with van der Waals surface area (Å²) in [6, 6.07) is 6.10. The summed E-state index contributed by atoms with van der Waals surface area (Å²) < 4.78 is 14.4. The second-order valence-corrected chi connectivity index (χ2v) is 4.29. The Morgan fingerprint density at radius 3 is 2.76 bits per heavy atom. The molecule has 2 aromatic heterocycles. The maximum absolute atomic E-state index is 13.3. The average Bonchev–Trinajstić information content (AvgIpc) is 2.78. The van der Waals surface area contributed by atoms with Crippen LogP contribution < -0.4 is 5.56 Å². The molecule has 0 unspecified atom stereocenters. The monoisotopic (exact) mass is 289 g/mol. The molecule has 2 heterocycles. The Morgan fingerprint density at radius 1 is 1.33 bits per heavy atom. The topological polar surface area (TPSA) is 108 Å². The largest absolute Gasteiger partial charge is 0.507 e. The van der Waals surface area contributed by atoms with Gasteiger partial charge in [-0.3, -0.25) is 4.79 Å². The van der Waals surface area contributed by atoms with Crippen molar-refractivity contribution in [3.05, 3.63) is 52.2 Å². The summed E-state index contributed by atoms with van der Waals surface area (Å²) in [4.78, 5) is 25.1. The molecule has 1 aromatic carbocycles. The molecule has 0 amide bonds. The Balaban J connectivity index is 2.44. The third-order valence-electron chi connectivity index (χ3n) is 2.91. The molecule has 0 saturated heterocycles. The van der Waals surface area contributed by atoms with Crippen LogP contribution in [0.4, 0.5) is 4.39 Å².